The summed E-state index contributed by atoms with van der Waals surface area (Å²) in [6, 6.07) is 5.13. The van der Waals surface area contributed by atoms with Gasteiger partial charge in [0.1, 0.15) is 12.3 Å². The molecule has 88 valence electrons. The standard InChI is InChI=1S/C12H12N2O3/c1-3-12(16)14-7-11(15)13-9-5-4-8(17-2)6-10(9)14/h3-6H,1,7H2,2H3,(H,13,15). The first kappa shape index (κ1) is 11.2. The van der Waals surface area contributed by atoms with E-state index in [1.54, 1.807) is 25.3 Å². The summed E-state index contributed by atoms with van der Waals surface area (Å²) in [5.41, 5.74) is 1.21. The number of nitrogens with zero attached hydrogens (tertiary/aromatic N) is 1. The number of amides is 2. The minimum absolute atomic E-state index is 0.00891. The molecule has 0 radical (unpaired) electrons. The summed E-state index contributed by atoms with van der Waals surface area (Å²) in [6.45, 7) is 3.41. The molecule has 0 bridgehead atoms. The van der Waals surface area contributed by atoms with Crippen LogP contribution in [0.1, 0.15) is 0 Å². The minimum Gasteiger partial charge on any atom is -0.497 e. The van der Waals surface area contributed by atoms with Crippen LogP contribution in [0, 0.1) is 0 Å². The molecule has 5 nitrogen and oxygen atoms in total. The third kappa shape index (κ3) is 1.99. The van der Waals surface area contributed by atoms with Crippen molar-refractivity contribution >= 4 is 23.2 Å². The van der Waals surface area contributed by atoms with Gasteiger partial charge in [0.2, 0.25) is 5.91 Å². The van der Waals surface area contributed by atoms with Gasteiger partial charge in [-0.2, -0.15) is 0 Å². The van der Waals surface area contributed by atoms with Gasteiger partial charge in [0.15, 0.2) is 0 Å². The van der Waals surface area contributed by atoms with Gasteiger partial charge in [0.25, 0.3) is 5.91 Å². The number of fused-ring (bicyclic) bond motifs is 1. The third-order valence-electron chi connectivity index (χ3n) is 2.51. The molecule has 0 aliphatic carbocycles. The summed E-state index contributed by atoms with van der Waals surface area (Å²) in [4.78, 5) is 24.5. The van der Waals surface area contributed by atoms with E-state index in [0.717, 1.165) is 0 Å². The molecule has 0 unspecified atom stereocenters. The Hall–Kier alpha value is -2.30. The second-order valence-corrected chi connectivity index (χ2v) is 3.56. The monoisotopic (exact) mass is 232 g/mol. The van der Waals surface area contributed by atoms with Crippen molar-refractivity contribution in [3.05, 3.63) is 30.9 Å². The lowest BCUT2D eigenvalue weighted by Gasteiger charge is -2.28. The van der Waals surface area contributed by atoms with Gasteiger partial charge in [-0.1, -0.05) is 6.58 Å². The van der Waals surface area contributed by atoms with Crippen molar-refractivity contribution in [1.82, 2.24) is 0 Å². The average Bonchev–Trinajstić information content (AvgIpc) is 2.36. The van der Waals surface area contributed by atoms with Crippen LogP contribution in [0.5, 0.6) is 5.75 Å². The molecule has 0 aromatic heterocycles. The first-order valence-electron chi connectivity index (χ1n) is 5.07. The second-order valence-electron chi connectivity index (χ2n) is 3.56. The molecule has 0 atom stereocenters. The lowest BCUT2D eigenvalue weighted by molar-refractivity contribution is -0.119. The van der Waals surface area contributed by atoms with Crippen LogP contribution in [0.3, 0.4) is 0 Å². The van der Waals surface area contributed by atoms with Gasteiger partial charge in [0, 0.05) is 6.07 Å². The predicted molar refractivity (Wildman–Crippen MR) is 64.2 cm³/mol. The zero-order valence-electron chi connectivity index (χ0n) is 9.40. The SMILES string of the molecule is C=CC(=O)N1CC(=O)Nc2ccc(OC)cc21. The predicted octanol–water partition coefficient (Wildman–Crippen LogP) is 1.17. The van der Waals surface area contributed by atoms with Crippen LogP contribution in [0.25, 0.3) is 0 Å². The molecule has 1 aromatic rings. The van der Waals surface area contributed by atoms with Gasteiger partial charge in [-0.3, -0.25) is 14.5 Å². The number of nitrogens with one attached hydrogen (secondary N) is 1. The van der Waals surface area contributed by atoms with Crippen LogP contribution in [-0.2, 0) is 9.59 Å². The maximum absolute atomic E-state index is 11.7. The van der Waals surface area contributed by atoms with E-state index in [2.05, 4.69) is 11.9 Å². The molecule has 5 heteroatoms. The Bertz CT molecular complexity index is 497. The zero-order chi connectivity index (χ0) is 12.4. The Kier molecular flexibility index (Phi) is 2.82. The summed E-state index contributed by atoms with van der Waals surface area (Å²) < 4.78 is 5.09. The molecule has 0 saturated carbocycles. The van der Waals surface area contributed by atoms with Crippen LogP contribution in [0.2, 0.25) is 0 Å². The Labute approximate surface area is 98.7 Å². The molecule has 1 heterocycles. The van der Waals surface area contributed by atoms with E-state index in [1.165, 1.54) is 11.0 Å². The van der Waals surface area contributed by atoms with Crippen LogP contribution in [-0.4, -0.2) is 25.5 Å². The largest absolute Gasteiger partial charge is 0.497 e. The molecule has 2 amide bonds. The molecule has 1 aliphatic heterocycles. The lowest BCUT2D eigenvalue weighted by atomic mass is 10.2. The van der Waals surface area contributed by atoms with Crippen LogP contribution >= 0.6 is 0 Å². The molecule has 2 rings (SSSR count). The Morgan fingerprint density at radius 3 is 3.00 bits per heavy atom. The Balaban J connectivity index is 2.49. The van der Waals surface area contributed by atoms with Crippen molar-refractivity contribution in [3.8, 4) is 5.75 Å². The van der Waals surface area contributed by atoms with Crippen LogP contribution in [0.4, 0.5) is 11.4 Å². The highest BCUT2D eigenvalue weighted by Gasteiger charge is 2.25. The molecular weight excluding hydrogens is 220 g/mol. The van der Waals surface area contributed by atoms with Crippen LogP contribution in [0.15, 0.2) is 30.9 Å². The lowest BCUT2D eigenvalue weighted by Crippen LogP contribution is -2.41. The van der Waals surface area contributed by atoms with E-state index in [0.29, 0.717) is 17.1 Å². The average molecular weight is 232 g/mol. The van der Waals surface area contributed by atoms with E-state index >= 15 is 0 Å². The topological polar surface area (TPSA) is 58.6 Å². The number of ether oxygens (including phenoxy) is 1. The number of hydrogen-bond donors (Lipinski definition) is 1. The van der Waals surface area contributed by atoms with Gasteiger partial charge in [-0.15, -0.1) is 0 Å². The smallest absolute Gasteiger partial charge is 0.250 e. The quantitative estimate of drug-likeness (QED) is 0.778. The highest BCUT2D eigenvalue weighted by Crippen LogP contribution is 2.33. The molecule has 0 fully saturated rings. The van der Waals surface area contributed by atoms with Crippen molar-refractivity contribution in [3.63, 3.8) is 0 Å². The molecule has 0 saturated heterocycles. The fourth-order valence-corrected chi connectivity index (χ4v) is 1.69. The summed E-state index contributed by atoms with van der Waals surface area (Å²) in [5.74, 6) is 0.0916. The normalized spacial score (nSPS) is 13.7. The van der Waals surface area contributed by atoms with E-state index < -0.39 is 0 Å². The fraction of sp³-hybridized carbons (Fsp3) is 0.167. The summed E-state index contributed by atoms with van der Waals surface area (Å²) >= 11 is 0. The third-order valence-corrected chi connectivity index (χ3v) is 2.51. The van der Waals surface area contributed by atoms with Crippen molar-refractivity contribution < 1.29 is 14.3 Å². The van der Waals surface area contributed by atoms with Gasteiger partial charge in [-0.25, -0.2) is 0 Å². The van der Waals surface area contributed by atoms with Crippen molar-refractivity contribution in [1.29, 1.82) is 0 Å². The maximum Gasteiger partial charge on any atom is 0.250 e. The number of hydrogen-bond acceptors (Lipinski definition) is 3. The van der Waals surface area contributed by atoms with Gasteiger partial charge < -0.3 is 10.1 Å². The zero-order valence-corrected chi connectivity index (χ0v) is 9.40. The van der Waals surface area contributed by atoms with E-state index in [4.69, 9.17) is 4.74 Å². The highest BCUT2D eigenvalue weighted by molar-refractivity contribution is 6.12. The van der Waals surface area contributed by atoms with Crippen molar-refractivity contribution in [2.75, 3.05) is 23.9 Å². The first-order chi connectivity index (χ1) is 8.15. The molecule has 17 heavy (non-hydrogen) atoms. The second kappa shape index (κ2) is 4.29. The highest BCUT2D eigenvalue weighted by atomic mass is 16.5. The number of anilines is 2. The maximum atomic E-state index is 11.7. The summed E-state index contributed by atoms with van der Waals surface area (Å²) in [6.07, 6.45) is 1.18. The number of methoxy groups -OCH3 is 1. The van der Waals surface area contributed by atoms with Gasteiger partial charge in [0.05, 0.1) is 18.5 Å². The number of rotatable bonds is 2. The Morgan fingerprint density at radius 1 is 1.59 bits per heavy atom. The minimum atomic E-state index is -0.311. The molecule has 1 aromatic carbocycles. The number of benzene rings is 1. The molecule has 1 aliphatic rings. The van der Waals surface area contributed by atoms with E-state index in [-0.39, 0.29) is 18.4 Å². The van der Waals surface area contributed by atoms with Crippen LogP contribution < -0.4 is 15.0 Å². The van der Waals surface area contributed by atoms with E-state index in [1.807, 2.05) is 0 Å². The van der Waals surface area contributed by atoms with Crippen molar-refractivity contribution in [2.24, 2.45) is 0 Å². The number of carbonyl (C=O) groups is 2. The van der Waals surface area contributed by atoms with E-state index in [9.17, 15) is 9.59 Å². The van der Waals surface area contributed by atoms with Gasteiger partial charge in [-0.05, 0) is 18.2 Å². The van der Waals surface area contributed by atoms with Gasteiger partial charge >= 0.3 is 0 Å². The fourth-order valence-electron chi connectivity index (χ4n) is 1.69. The Morgan fingerprint density at radius 2 is 2.35 bits per heavy atom. The molecule has 0 spiro atoms. The molecular formula is C12H12N2O3. The summed E-state index contributed by atoms with van der Waals surface area (Å²) in [7, 11) is 1.54. The van der Waals surface area contributed by atoms with Crippen molar-refractivity contribution in [2.45, 2.75) is 0 Å². The molecule has 1 N–H and O–H groups in total. The summed E-state index contributed by atoms with van der Waals surface area (Å²) in [5, 5.41) is 2.70. The first-order valence-corrected chi connectivity index (χ1v) is 5.07. The number of carbonyl (C=O) groups excluding carboxylic acids is 2.